The average molecular weight is 440 g/mol. The highest BCUT2D eigenvalue weighted by atomic mass is 32.2. The Balaban J connectivity index is 2.63. The number of ether oxygens (including phenoxy) is 5. The fourth-order valence-corrected chi connectivity index (χ4v) is 3.36. The van der Waals surface area contributed by atoms with Gasteiger partial charge in [-0.15, -0.1) is 0 Å². The van der Waals surface area contributed by atoms with Crippen molar-refractivity contribution >= 4 is 28.0 Å². The van der Waals surface area contributed by atoms with Crippen LogP contribution in [0.5, 0.6) is 0 Å². The van der Waals surface area contributed by atoms with Crippen LogP contribution >= 0.6 is 0 Å². The van der Waals surface area contributed by atoms with E-state index in [1.54, 1.807) is 0 Å². The maximum atomic E-state index is 11.5. The zero-order valence-electron chi connectivity index (χ0n) is 16.7. The van der Waals surface area contributed by atoms with Gasteiger partial charge >= 0.3 is 17.9 Å². The van der Waals surface area contributed by atoms with Crippen molar-refractivity contribution in [2.24, 2.45) is 0 Å². The van der Waals surface area contributed by atoms with E-state index in [9.17, 15) is 22.8 Å². The van der Waals surface area contributed by atoms with Crippen LogP contribution in [0.4, 0.5) is 0 Å². The molecule has 168 valence electrons. The van der Waals surface area contributed by atoms with E-state index in [1.165, 1.54) is 20.8 Å². The molecule has 0 unspecified atom stereocenters. The molecule has 1 aliphatic heterocycles. The predicted octanol–water partition coefficient (Wildman–Crippen LogP) is 0.603. The van der Waals surface area contributed by atoms with Crippen LogP contribution in [-0.2, 0) is 48.2 Å². The molecule has 0 radical (unpaired) electrons. The van der Waals surface area contributed by atoms with Crippen molar-refractivity contribution in [3.8, 4) is 0 Å². The van der Waals surface area contributed by atoms with Crippen LogP contribution in [-0.4, -0.2) is 74.4 Å². The third kappa shape index (κ3) is 10.5. The van der Waals surface area contributed by atoms with Gasteiger partial charge in [0.25, 0.3) is 10.1 Å². The quantitative estimate of drug-likeness (QED) is 0.208. The molecule has 0 bridgehead atoms. The third-order valence-corrected chi connectivity index (χ3v) is 4.69. The Morgan fingerprint density at radius 2 is 1.45 bits per heavy atom. The molecule has 1 rings (SSSR count). The smallest absolute Gasteiger partial charge is 0.303 e. The summed E-state index contributed by atoms with van der Waals surface area (Å²) in [5.41, 5.74) is 0. The summed E-state index contributed by atoms with van der Waals surface area (Å²) in [6, 6.07) is 0. The Labute approximate surface area is 169 Å². The van der Waals surface area contributed by atoms with Crippen molar-refractivity contribution in [2.45, 2.75) is 71.1 Å². The van der Waals surface area contributed by atoms with Crippen LogP contribution < -0.4 is 0 Å². The molecule has 1 aliphatic rings. The summed E-state index contributed by atoms with van der Waals surface area (Å²) in [5, 5.41) is 0. The molecule has 1 heterocycles. The molecule has 29 heavy (non-hydrogen) atoms. The molecule has 1 fully saturated rings. The van der Waals surface area contributed by atoms with E-state index >= 15 is 0 Å². The van der Waals surface area contributed by atoms with Gasteiger partial charge in [0.15, 0.2) is 24.6 Å². The Kier molecular flexibility index (Phi) is 10.5. The first-order valence-electron chi connectivity index (χ1n) is 9.19. The summed E-state index contributed by atoms with van der Waals surface area (Å²) in [7, 11) is -3.96. The maximum Gasteiger partial charge on any atom is 0.303 e. The number of unbranched alkanes of at least 4 members (excludes halogenated alkanes) is 3. The minimum atomic E-state index is -3.96. The molecule has 0 amide bonds. The minimum Gasteiger partial charge on any atom is -0.456 e. The molecule has 1 saturated heterocycles. The number of rotatable bonds is 11. The number of hydrogen-bond donors (Lipinski definition) is 1. The fourth-order valence-electron chi connectivity index (χ4n) is 2.79. The zero-order chi connectivity index (χ0) is 22.0. The highest BCUT2D eigenvalue weighted by Crippen LogP contribution is 2.25. The Morgan fingerprint density at radius 1 is 0.897 bits per heavy atom. The molecule has 0 spiro atoms. The Morgan fingerprint density at radius 3 is 2.00 bits per heavy atom. The maximum absolute atomic E-state index is 11.5. The number of esters is 3. The lowest BCUT2D eigenvalue weighted by atomic mass is 10.0. The normalized spacial score (nSPS) is 24.6. The number of carbonyl (C=O) groups is 3. The van der Waals surface area contributed by atoms with Gasteiger partial charge in [0, 0.05) is 27.4 Å². The van der Waals surface area contributed by atoms with Crippen molar-refractivity contribution in [3.63, 3.8) is 0 Å². The van der Waals surface area contributed by atoms with E-state index in [0.29, 0.717) is 25.7 Å². The Hall–Kier alpha value is -1.76. The molecule has 0 aromatic rings. The lowest BCUT2D eigenvalue weighted by Gasteiger charge is -2.40. The summed E-state index contributed by atoms with van der Waals surface area (Å²) in [6.45, 7) is 3.63. The lowest BCUT2D eigenvalue weighted by molar-refractivity contribution is -0.281. The van der Waals surface area contributed by atoms with Crippen molar-refractivity contribution in [3.05, 3.63) is 0 Å². The van der Waals surface area contributed by atoms with Gasteiger partial charge < -0.3 is 23.7 Å². The topological polar surface area (TPSA) is 152 Å². The van der Waals surface area contributed by atoms with E-state index in [2.05, 4.69) is 0 Å². The summed E-state index contributed by atoms with van der Waals surface area (Å²) in [6.07, 6.45) is -2.11. The van der Waals surface area contributed by atoms with Crippen LogP contribution in [0, 0.1) is 0 Å². The van der Waals surface area contributed by atoms with Crippen LogP contribution in [0.2, 0.25) is 0 Å². The predicted molar refractivity (Wildman–Crippen MR) is 97.2 cm³/mol. The van der Waals surface area contributed by atoms with Gasteiger partial charge in [-0.3, -0.25) is 18.9 Å². The second kappa shape index (κ2) is 12.1. The SMILES string of the molecule is CC(=O)O[C@@H]1[C@@H](OC(C)=O)[C@@H](OCCCCCCS(=O)(=O)O)OC[C@H]1OC(C)=O. The van der Waals surface area contributed by atoms with Crippen LogP contribution in [0.1, 0.15) is 46.5 Å². The largest absolute Gasteiger partial charge is 0.456 e. The van der Waals surface area contributed by atoms with Gasteiger partial charge in [0.1, 0.15) is 0 Å². The van der Waals surface area contributed by atoms with E-state index in [0.717, 1.165) is 0 Å². The highest BCUT2D eigenvalue weighted by molar-refractivity contribution is 7.85. The summed E-state index contributed by atoms with van der Waals surface area (Å²) >= 11 is 0. The monoisotopic (exact) mass is 440 g/mol. The lowest BCUT2D eigenvalue weighted by Crippen LogP contribution is -2.58. The molecule has 0 aliphatic carbocycles. The van der Waals surface area contributed by atoms with Crippen LogP contribution in [0.3, 0.4) is 0 Å². The van der Waals surface area contributed by atoms with Gasteiger partial charge in [-0.25, -0.2) is 0 Å². The second-order valence-corrected chi connectivity index (χ2v) is 8.14. The molecule has 1 N–H and O–H groups in total. The standard InChI is InChI=1S/C17H28O11S/c1-11(18)26-14-10-25-17(16(28-13(3)20)15(14)27-12(2)19)24-8-6-4-5-7-9-29(21,22)23/h14-17H,4-10H2,1-3H3,(H,21,22,23)/t14-,15+,16-,17+/m1/s1. The first-order chi connectivity index (χ1) is 13.5. The third-order valence-electron chi connectivity index (χ3n) is 3.88. The van der Waals surface area contributed by atoms with E-state index < -0.39 is 52.6 Å². The average Bonchev–Trinajstić information content (AvgIpc) is 2.56. The first kappa shape index (κ1) is 25.3. The molecule has 4 atom stereocenters. The van der Waals surface area contributed by atoms with E-state index in [1.807, 2.05) is 0 Å². The van der Waals surface area contributed by atoms with Gasteiger partial charge in [-0.2, -0.15) is 8.42 Å². The van der Waals surface area contributed by atoms with Crippen LogP contribution in [0.15, 0.2) is 0 Å². The second-order valence-electron chi connectivity index (χ2n) is 6.57. The Bertz CT molecular complexity index is 660. The van der Waals surface area contributed by atoms with Crippen molar-refractivity contribution in [1.82, 2.24) is 0 Å². The van der Waals surface area contributed by atoms with Gasteiger partial charge in [0.2, 0.25) is 0 Å². The highest BCUT2D eigenvalue weighted by Gasteiger charge is 2.47. The van der Waals surface area contributed by atoms with Crippen LogP contribution in [0.25, 0.3) is 0 Å². The molecule has 12 heteroatoms. The summed E-state index contributed by atoms with van der Waals surface area (Å²) in [4.78, 5) is 34.3. The van der Waals surface area contributed by atoms with E-state index in [4.69, 9.17) is 28.2 Å². The fraction of sp³-hybridized carbons (Fsp3) is 0.824. The number of carbonyl (C=O) groups excluding carboxylic acids is 3. The van der Waals surface area contributed by atoms with E-state index in [-0.39, 0.29) is 19.0 Å². The van der Waals surface area contributed by atoms with Gasteiger partial charge in [0.05, 0.1) is 12.4 Å². The van der Waals surface area contributed by atoms with Gasteiger partial charge in [-0.05, 0) is 12.8 Å². The number of hydrogen-bond acceptors (Lipinski definition) is 10. The molecule has 11 nitrogen and oxygen atoms in total. The molecule has 0 saturated carbocycles. The first-order valence-corrected chi connectivity index (χ1v) is 10.8. The molecule has 0 aromatic heterocycles. The molecule has 0 aromatic carbocycles. The zero-order valence-corrected chi connectivity index (χ0v) is 17.5. The van der Waals surface area contributed by atoms with Crippen molar-refractivity contribution in [2.75, 3.05) is 19.0 Å². The summed E-state index contributed by atoms with van der Waals surface area (Å²) in [5.74, 6) is -2.21. The molecular formula is C17H28O11S. The van der Waals surface area contributed by atoms with Gasteiger partial charge in [-0.1, -0.05) is 12.8 Å². The van der Waals surface area contributed by atoms with Crippen molar-refractivity contribution < 1.29 is 51.0 Å². The van der Waals surface area contributed by atoms with Crippen molar-refractivity contribution in [1.29, 1.82) is 0 Å². The molecular weight excluding hydrogens is 412 g/mol. The summed E-state index contributed by atoms with van der Waals surface area (Å²) < 4.78 is 56.6. The minimum absolute atomic E-state index is 0.117.